The van der Waals surface area contributed by atoms with Crippen LogP contribution in [0.15, 0.2) is 60.8 Å². The second-order valence-electron chi connectivity index (χ2n) is 11.4. The number of rotatable bonds is 12. The number of carbonyl (C=O) groups is 3. The minimum atomic E-state index is -1.15. The van der Waals surface area contributed by atoms with Gasteiger partial charge < -0.3 is 24.8 Å². The molecule has 10 heteroatoms. The maximum Gasteiger partial charge on any atom is 0.253 e. The SMILES string of the molecule is CCN1C(=O)C(C)(C)C(=O)N(C)c2cc(OCCCc3cc(CNCCN(C)C(=O)c4ccc(C#N)cc4)ccn3)ccc21. The molecular formula is C34H40N6O4. The van der Waals surface area contributed by atoms with Gasteiger partial charge in [0, 0.05) is 63.8 Å². The lowest BCUT2D eigenvalue weighted by Gasteiger charge is -2.27. The molecule has 0 spiro atoms. The molecule has 1 aliphatic heterocycles. The Kier molecular flexibility index (Phi) is 10.3. The molecule has 1 N–H and O–H groups in total. The van der Waals surface area contributed by atoms with Crippen molar-refractivity contribution in [3.05, 3.63) is 83.2 Å². The standard InChI is InChI=1S/C34H40N6O4/c1-6-40-29-14-13-28(21-30(29)39(5)32(42)34(2,3)33(40)43)44-19-7-8-27-20-25(15-16-37-27)23-36-17-18-38(4)31(41)26-11-9-24(22-35)10-12-26/h9-16,20-21,36H,6-8,17-19,23H2,1-5H3. The Morgan fingerprint density at radius 1 is 1.07 bits per heavy atom. The number of amides is 3. The lowest BCUT2D eigenvalue weighted by Crippen LogP contribution is -2.47. The van der Waals surface area contributed by atoms with Gasteiger partial charge in [-0.15, -0.1) is 0 Å². The van der Waals surface area contributed by atoms with Crippen LogP contribution in [-0.2, 0) is 22.6 Å². The number of likely N-dealkylation sites (N-methyl/N-ethyl adjacent to an activating group) is 1. The predicted molar refractivity (Wildman–Crippen MR) is 170 cm³/mol. The molecule has 0 aliphatic carbocycles. The number of carbonyl (C=O) groups excluding carboxylic acids is 3. The summed E-state index contributed by atoms with van der Waals surface area (Å²) < 4.78 is 6.03. The number of ether oxygens (including phenoxy) is 1. The second-order valence-corrected chi connectivity index (χ2v) is 11.4. The largest absolute Gasteiger partial charge is 0.494 e. The molecule has 0 radical (unpaired) electrons. The number of fused-ring (bicyclic) bond motifs is 1. The van der Waals surface area contributed by atoms with Crippen molar-refractivity contribution in [1.29, 1.82) is 5.26 Å². The zero-order chi connectivity index (χ0) is 31.9. The summed E-state index contributed by atoms with van der Waals surface area (Å²) in [7, 11) is 3.46. The van der Waals surface area contributed by atoms with Crippen LogP contribution in [0.4, 0.5) is 11.4 Å². The van der Waals surface area contributed by atoms with Gasteiger partial charge in [-0.2, -0.15) is 5.26 Å². The monoisotopic (exact) mass is 596 g/mol. The van der Waals surface area contributed by atoms with E-state index >= 15 is 0 Å². The molecule has 3 amide bonds. The molecule has 0 fully saturated rings. The van der Waals surface area contributed by atoms with E-state index < -0.39 is 5.41 Å². The summed E-state index contributed by atoms with van der Waals surface area (Å²) in [6.07, 6.45) is 3.30. The average molecular weight is 597 g/mol. The van der Waals surface area contributed by atoms with Crippen molar-refractivity contribution < 1.29 is 19.1 Å². The fourth-order valence-electron chi connectivity index (χ4n) is 5.18. The first kappa shape index (κ1) is 32.2. The number of nitrogens with one attached hydrogen (secondary N) is 1. The van der Waals surface area contributed by atoms with Crippen LogP contribution in [0.5, 0.6) is 5.75 Å². The van der Waals surface area contributed by atoms with Crippen molar-refractivity contribution in [3.63, 3.8) is 0 Å². The van der Waals surface area contributed by atoms with E-state index in [1.807, 2.05) is 31.2 Å². The van der Waals surface area contributed by atoms with Crippen LogP contribution in [0.3, 0.4) is 0 Å². The Bertz CT molecular complexity index is 1550. The lowest BCUT2D eigenvalue weighted by molar-refractivity contribution is -0.137. The normalized spacial score (nSPS) is 14.1. The van der Waals surface area contributed by atoms with Gasteiger partial charge in [-0.1, -0.05) is 0 Å². The van der Waals surface area contributed by atoms with E-state index in [4.69, 9.17) is 10.00 Å². The zero-order valence-corrected chi connectivity index (χ0v) is 26.1. The van der Waals surface area contributed by atoms with Gasteiger partial charge >= 0.3 is 0 Å². The highest BCUT2D eigenvalue weighted by Crippen LogP contribution is 2.40. The maximum atomic E-state index is 13.1. The van der Waals surface area contributed by atoms with Crippen LogP contribution in [0, 0.1) is 16.7 Å². The van der Waals surface area contributed by atoms with Crippen molar-refractivity contribution in [2.24, 2.45) is 5.41 Å². The van der Waals surface area contributed by atoms with E-state index in [1.54, 1.807) is 73.1 Å². The van der Waals surface area contributed by atoms with Crippen LogP contribution in [0.25, 0.3) is 0 Å². The average Bonchev–Trinajstić information content (AvgIpc) is 3.09. The van der Waals surface area contributed by atoms with Crippen molar-refractivity contribution in [3.8, 4) is 11.8 Å². The van der Waals surface area contributed by atoms with Crippen molar-refractivity contribution in [2.45, 2.75) is 40.2 Å². The van der Waals surface area contributed by atoms with Crippen molar-refractivity contribution >= 4 is 29.1 Å². The third kappa shape index (κ3) is 7.24. The van der Waals surface area contributed by atoms with Gasteiger partial charge in [0.15, 0.2) is 0 Å². The van der Waals surface area contributed by atoms with E-state index in [0.29, 0.717) is 61.0 Å². The van der Waals surface area contributed by atoms with E-state index in [-0.39, 0.29) is 17.7 Å². The molecule has 0 unspecified atom stereocenters. The van der Waals surface area contributed by atoms with Gasteiger partial charge in [0.25, 0.3) is 5.91 Å². The first-order valence-corrected chi connectivity index (χ1v) is 14.8. The van der Waals surface area contributed by atoms with Crippen LogP contribution >= 0.6 is 0 Å². The Hall–Kier alpha value is -4.75. The summed E-state index contributed by atoms with van der Waals surface area (Å²) in [6.45, 7) is 8.01. The molecule has 230 valence electrons. The number of aryl methyl sites for hydroxylation is 1. The van der Waals surface area contributed by atoms with Gasteiger partial charge in [0.2, 0.25) is 11.8 Å². The Morgan fingerprint density at radius 3 is 2.52 bits per heavy atom. The molecule has 44 heavy (non-hydrogen) atoms. The number of hydrogen-bond acceptors (Lipinski definition) is 7. The van der Waals surface area contributed by atoms with Crippen LogP contribution in [-0.4, -0.2) is 67.9 Å². The third-order valence-corrected chi connectivity index (χ3v) is 7.82. The van der Waals surface area contributed by atoms with Gasteiger partial charge in [0.1, 0.15) is 11.2 Å². The first-order valence-electron chi connectivity index (χ1n) is 14.8. The smallest absolute Gasteiger partial charge is 0.253 e. The molecule has 1 aliphatic rings. The van der Waals surface area contributed by atoms with Crippen molar-refractivity contribution in [2.75, 3.05) is 50.1 Å². The molecule has 3 aromatic rings. The first-order chi connectivity index (χ1) is 21.1. The number of benzene rings is 2. The van der Waals surface area contributed by atoms with Gasteiger partial charge in [-0.3, -0.25) is 19.4 Å². The number of nitrogens with zero attached hydrogens (tertiary/aromatic N) is 5. The Morgan fingerprint density at radius 2 is 1.82 bits per heavy atom. The summed E-state index contributed by atoms with van der Waals surface area (Å²) >= 11 is 0. The summed E-state index contributed by atoms with van der Waals surface area (Å²) in [4.78, 5) is 48.1. The number of hydrogen-bond donors (Lipinski definition) is 1. The van der Waals surface area contributed by atoms with Crippen LogP contribution in [0.2, 0.25) is 0 Å². The van der Waals surface area contributed by atoms with Crippen molar-refractivity contribution in [1.82, 2.24) is 15.2 Å². The zero-order valence-electron chi connectivity index (χ0n) is 26.1. The summed E-state index contributed by atoms with van der Waals surface area (Å²) in [5.74, 6) is 0.0930. The summed E-state index contributed by atoms with van der Waals surface area (Å²) in [6, 6.07) is 18.2. The van der Waals surface area contributed by atoms with Gasteiger partial charge in [-0.25, -0.2) is 0 Å². The van der Waals surface area contributed by atoms with E-state index in [9.17, 15) is 14.4 Å². The molecular weight excluding hydrogens is 556 g/mol. The van der Waals surface area contributed by atoms with E-state index in [2.05, 4.69) is 22.4 Å². The minimum Gasteiger partial charge on any atom is -0.494 e. The summed E-state index contributed by atoms with van der Waals surface area (Å²) in [5.41, 5.74) is 3.36. The summed E-state index contributed by atoms with van der Waals surface area (Å²) in [5, 5.41) is 12.3. The molecule has 0 bridgehead atoms. The number of pyridine rings is 1. The fraction of sp³-hybridized carbons (Fsp3) is 0.382. The van der Waals surface area contributed by atoms with Crippen LogP contribution < -0.4 is 19.9 Å². The van der Waals surface area contributed by atoms with Crippen LogP contribution in [0.1, 0.15) is 54.4 Å². The molecule has 0 saturated carbocycles. The molecule has 2 aromatic carbocycles. The number of anilines is 2. The van der Waals surface area contributed by atoms with E-state index in [1.165, 1.54) is 0 Å². The molecule has 4 rings (SSSR count). The number of aromatic nitrogens is 1. The quantitative estimate of drug-likeness (QED) is 0.246. The second kappa shape index (κ2) is 14.1. The topological polar surface area (TPSA) is 119 Å². The predicted octanol–water partition coefficient (Wildman–Crippen LogP) is 4.18. The number of nitriles is 1. The molecule has 0 atom stereocenters. The minimum absolute atomic E-state index is 0.0851. The van der Waals surface area contributed by atoms with Gasteiger partial charge in [-0.05, 0) is 87.7 Å². The lowest BCUT2D eigenvalue weighted by atomic mass is 9.90. The molecule has 1 aromatic heterocycles. The van der Waals surface area contributed by atoms with Gasteiger partial charge in [0.05, 0.1) is 29.6 Å². The molecule has 0 saturated heterocycles. The highest BCUT2D eigenvalue weighted by atomic mass is 16.5. The Balaban J connectivity index is 1.24. The third-order valence-electron chi connectivity index (χ3n) is 7.82. The maximum absolute atomic E-state index is 13.1. The molecule has 10 nitrogen and oxygen atoms in total. The fourth-order valence-corrected chi connectivity index (χ4v) is 5.18. The van der Waals surface area contributed by atoms with E-state index in [0.717, 1.165) is 24.1 Å². The highest BCUT2D eigenvalue weighted by Gasteiger charge is 2.45. The highest BCUT2D eigenvalue weighted by molar-refractivity contribution is 6.20. The Labute approximate surface area is 259 Å². The molecule has 2 heterocycles.